The first-order chi connectivity index (χ1) is 8.40. The van der Waals surface area contributed by atoms with Crippen LogP contribution in [0.5, 0.6) is 0 Å². The molecule has 3 nitrogen and oxygen atoms in total. The zero-order valence-electron chi connectivity index (χ0n) is 9.60. The predicted molar refractivity (Wildman–Crippen MR) is 66.5 cm³/mol. The molecule has 1 saturated heterocycles. The molecule has 86 valence electrons. The first kappa shape index (κ1) is 10.4. The molecule has 0 aliphatic carbocycles. The van der Waals surface area contributed by atoms with Gasteiger partial charge in [0.05, 0.1) is 17.3 Å². The molecule has 3 rings (SSSR count). The molecule has 0 bridgehead atoms. The zero-order valence-corrected chi connectivity index (χ0v) is 9.60. The maximum absolute atomic E-state index is 5.76. The first-order valence-corrected chi connectivity index (χ1v) is 5.94. The second-order valence-corrected chi connectivity index (χ2v) is 4.30. The van der Waals surface area contributed by atoms with Crippen LogP contribution in [-0.2, 0) is 4.74 Å². The summed E-state index contributed by atoms with van der Waals surface area (Å²) in [4.78, 5) is 0. The van der Waals surface area contributed by atoms with E-state index in [0.29, 0.717) is 0 Å². The van der Waals surface area contributed by atoms with Crippen LogP contribution in [0, 0.1) is 12.3 Å². The Labute approximate surface area is 100 Å². The number of rotatable bonds is 1. The summed E-state index contributed by atoms with van der Waals surface area (Å²) in [6, 6.07) is 5.94. The van der Waals surface area contributed by atoms with Crippen molar-refractivity contribution in [1.82, 2.24) is 9.78 Å². The lowest BCUT2D eigenvalue weighted by atomic mass is 10.1. The lowest BCUT2D eigenvalue weighted by Gasteiger charge is -2.23. The number of fused-ring (bicyclic) bond motifs is 1. The summed E-state index contributed by atoms with van der Waals surface area (Å²) in [6.45, 7) is 0.810. The van der Waals surface area contributed by atoms with Crippen LogP contribution in [0.15, 0.2) is 24.4 Å². The fourth-order valence-electron chi connectivity index (χ4n) is 2.35. The number of nitrogens with zero attached hydrogens (tertiary/aromatic N) is 2. The van der Waals surface area contributed by atoms with Crippen molar-refractivity contribution in [2.45, 2.75) is 25.5 Å². The zero-order chi connectivity index (χ0) is 11.7. The third-order valence-electron chi connectivity index (χ3n) is 3.20. The molecule has 0 N–H and O–H groups in total. The van der Waals surface area contributed by atoms with Gasteiger partial charge in [-0.3, -0.25) is 0 Å². The Balaban J connectivity index is 2.13. The number of terminal acetylenes is 1. The predicted octanol–water partition coefficient (Wildman–Crippen LogP) is 2.72. The van der Waals surface area contributed by atoms with E-state index in [0.717, 1.165) is 35.9 Å². The molecule has 0 saturated carbocycles. The quantitative estimate of drug-likeness (QED) is 0.699. The Hall–Kier alpha value is -1.79. The highest BCUT2D eigenvalue weighted by molar-refractivity contribution is 5.84. The molecule has 1 fully saturated rings. The number of para-hydroxylation sites is 1. The van der Waals surface area contributed by atoms with Gasteiger partial charge in [-0.25, -0.2) is 4.68 Å². The lowest BCUT2D eigenvalue weighted by molar-refractivity contribution is -0.0367. The van der Waals surface area contributed by atoms with Crippen LogP contribution in [0.3, 0.4) is 0 Å². The van der Waals surface area contributed by atoms with Gasteiger partial charge in [0, 0.05) is 12.0 Å². The minimum atomic E-state index is 0.0377. The highest BCUT2D eigenvalue weighted by atomic mass is 16.5. The van der Waals surface area contributed by atoms with Gasteiger partial charge >= 0.3 is 0 Å². The van der Waals surface area contributed by atoms with E-state index in [1.165, 1.54) is 6.42 Å². The summed E-state index contributed by atoms with van der Waals surface area (Å²) in [5.41, 5.74) is 1.90. The second-order valence-electron chi connectivity index (χ2n) is 4.30. The monoisotopic (exact) mass is 226 g/mol. The van der Waals surface area contributed by atoms with E-state index in [1.54, 1.807) is 0 Å². The van der Waals surface area contributed by atoms with Gasteiger partial charge in [0.1, 0.15) is 0 Å². The number of ether oxygens (including phenoxy) is 1. The summed E-state index contributed by atoms with van der Waals surface area (Å²) in [5.74, 6) is 2.72. The molecule has 17 heavy (non-hydrogen) atoms. The summed E-state index contributed by atoms with van der Waals surface area (Å²) in [5, 5.41) is 5.50. The highest BCUT2D eigenvalue weighted by Crippen LogP contribution is 2.27. The summed E-state index contributed by atoms with van der Waals surface area (Å²) >= 11 is 0. The topological polar surface area (TPSA) is 27.1 Å². The van der Waals surface area contributed by atoms with Crippen LogP contribution >= 0.6 is 0 Å². The Morgan fingerprint density at radius 1 is 1.41 bits per heavy atom. The van der Waals surface area contributed by atoms with E-state index in [-0.39, 0.29) is 6.23 Å². The van der Waals surface area contributed by atoms with Crippen LogP contribution < -0.4 is 0 Å². The van der Waals surface area contributed by atoms with Gasteiger partial charge in [0.15, 0.2) is 6.23 Å². The SMILES string of the molecule is C#Cc1cccc2cnn(C3CCCCO3)c12. The first-order valence-electron chi connectivity index (χ1n) is 5.94. The van der Waals surface area contributed by atoms with Crippen LogP contribution in [0.4, 0.5) is 0 Å². The summed E-state index contributed by atoms with van der Waals surface area (Å²) in [6.07, 6.45) is 10.8. The Kier molecular flexibility index (Phi) is 2.58. The van der Waals surface area contributed by atoms with Gasteiger partial charge in [-0.2, -0.15) is 5.10 Å². The van der Waals surface area contributed by atoms with E-state index in [4.69, 9.17) is 11.2 Å². The maximum Gasteiger partial charge on any atom is 0.150 e. The molecule has 1 aromatic carbocycles. The van der Waals surface area contributed by atoms with E-state index < -0.39 is 0 Å². The molecular formula is C14H14N2O. The molecule has 1 aliphatic heterocycles. The van der Waals surface area contributed by atoms with Crippen LogP contribution in [0.1, 0.15) is 31.1 Å². The third kappa shape index (κ3) is 1.71. The van der Waals surface area contributed by atoms with E-state index >= 15 is 0 Å². The van der Waals surface area contributed by atoms with Crippen molar-refractivity contribution in [3.05, 3.63) is 30.0 Å². The molecule has 0 radical (unpaired) electrons. The van der Waals surface area contributed by atoms with Crippen molar-refractivity contribution in [3.63, 3.8) is 0 Å². The molecule has 1 aliphatic rings. The van der Waals surface area contributed by atoms with Gasteiger partial charge in [0.2, 0.25) is 0 Å². The maximum atomic E-state index is 5.76. The van der Waals surface area contributed by atoms with E-state index in [1.807, 2.05) is 29.1 Å². The third-order valence-corrected chi connectivity index (χ3v) is 3.20. The summed E-state index contributed by atoms with van der Waals surface area (Å²) < 4.78 is 7.70. The van der Waals surface area contributed by atoms with Crippen molar-refractivity contribution in [3.8, 4) is 12.3 Å². The van der Waals surface area contributed by atoms with Crippen molar-refractivity contribution in [2.75, 3.05) is 6.61 Å². The van der Waals surface area contributed by atoms with Gasteiger partial charge in [0.25, 0.3) is 0 Å². The van der Waals surface area contributed by atoms with Crippen molar-refractivity contribution in [2.24, 2.45) is 0 Å². The number of hydrogen-bond donors (Lipinski definition) is 0. The largest absolute Gasteiger partial charge is 0.356 e. The van der Waals surface area contributed by atoms with Crippen molar-refractivity contribution in [1.29, 1.82) is 0 Å². The van der Waals surface area contributed by atoms with Gasteiger partial charge < -0.3 is 4.74 Å². The van der Waals surface area contributed by atoms with Gasteiger partial charge in [-0.15, -0.1) is 6.42 Å². The van der Waals surface area contributed by atoms with E-state index in [2.05, 4.69) is 11.0 Å². The van der Waals surface area contributed by atoms with Gasteiger partial charge in [-0.05, 0) is 25.3 Å². The second kappa shape index (κ2) is 4.23. The summed E-state index contributed by atoms with van der Waals surface area (Å²) in [7, 11) is 0. The van der Waals surface area contributed by atoms with Crippen molar-refractivity contribution >= 4 is 10.9 Å². The lowest BCUT2D eigenvalue weighted by Crippen LogP contribution is -2.19. The molecule has 2 heterocycles. The number of aromatic nitrogens is 2. The Morgan fingerprint density at radius 3 is 3.12 bits per heavy atom. The average Bonchev–Trinajstić information content (AvgIpc) is 2.83. The van der Waals surface area contributed by atoms with Gasteiger partial charge in [-0.1, -0.05) is 18.1 Å². The number of benzene rings is 1. The minimum absolute atomic E-state index is 0.0377. The minimum Gasteiger partial charge on any atom is -0.356 e. The van der Waals surface area contributed by atoms with Crippen LogP contribution in [-0.4, -0.2) is 16.4 Å². The van der Waals surface area contributed by atoms with Crippen LogP contribution in [0.25, 0.3) is 10.9 Å². The molecule has 0 spiro atoms. The molecule has 1 atom stereocenters. The van der Waals surface area contributed by atoms with E-state index in [9.17, 15) is 0 Å². The fraction of sp³-hybridized carbons (Fsp3) is 0.357. The normalized spacial score (nSPS) is 20.3. The smallest absolute Gasteiger partial charge is 0.150 e. The molecular weight excluding hydrogens is 212 g/mol. The number of hydrogen-bond acceptors (Lipinski definition) is 2. The Bertz CT molecular complexity index is 573. The Morgan fingerprint density at radius 2 is 2.35 bits per heavy atom. The standard InChI is InChI=1S/C14H14N2O/c1-2-11-6-5-7-12-10-15-16(14(11)12)13-8-3-4-9-17-13/h1,5-7,10,13H,3-4,8-9H2. The fourth-order valence-corrected chi connectivity index (χ4v) is 2.35. The average molecular weight is 226 g/mol. The molecule has 2 aromatic rings. The molecule has 0 amide bonds. The van der Waals surface area contributed by atoms with Crippen LogP contribution in [0.2, 0.25) is 0 Å². The van der Waals surface area contributed by atoms with Crippen molar-refractivity contribution < 1.29 is 4.74 Å². The molecule has 1 unspecified atom stereocenters. The molecule has 1 aromatic heterocycles. The highest BCUT2D eigenvalue weighted by Gasteiger charge is 2.19. The molecule has 3 heteroatoms.